The van der Waals surface area contributed by atoms with Crippen LogP contribution in [0.4, 0.5) is 0 Å². The van der Waals surface area contributed by atoms with E-state index in [1.165, 1.54) is 30.8 Å². The summed E-state index contributed by atoms with van der Waals surface area (Å²) in [6, 6.07) is -0.269. The molecule has 1 aliphatic carbocycles. The summed E-state index contributed by atoms with van der Waals surface area (Å²) < 4.78 is 11.0. The van der Waals surface area contributed by atoms with E-state index in [1.807, 2.05) is 11.8 Å². The topological polar surface area (TPSA) is 74.2 Å². The molecule has 0 bridgehead atoms. The van der Waals surface area contributed by atoms with Gasteiger partial charge in [0, 0.05) is 6.42 Å². The fourth-order valence-electron chi connectivity index (χ4n) is 2.55. The Labute approximate surface area is 124 Å². The van der Waals surface area contributed by atoms with E-state index >= 15 is 0 Å². The van der Waals surface area contributed by atoms with E-state index in [-0.39, 0.29) is 6.04 Å². The van der Waals surface area contributed by atoms with Gasteiger partial charge in [-0.25, -0.2) is 0 Å². The van der Waals surface area contributed by atoms with E-state index in [0.29, 0.717) is 24.5 Å². The lowest BCUT2D eigenvalue weighted by Gasteiger charge is -2.26. The molecule has 1 aromatic rings. The minimum absolute atomic E-state index is 0.269. The Morgan fingerprint density at radius 1 is 1.30 bits per heavy atom. The Kier molecular flexibility index (Phi) is 4.96. The highest BCUT2D eigenvalue weighted by molar-refractivity contribution is 7.99. The third-order valence-electron chi connectivity index (χ3n) is 4.18. The minimum Gasteiger partial charge on any atom is -0.376 e. The lowest BCUT2D eigenvalue weighted by Crippen LogP contribution is -2.27. The second kappa shape index (κ2) is 6.91. The van der Waals surface area contributed by atoms with Gasteiger partial charge in [-0.3, -0.25) is 0 Å². The molecule has 1 saturated carbocycles. The predicted octanol–water partition coefficient (Wildman–Crippen LogP) is 2.32. The van der Waals surface area contributed by atoms with Gasteiger partial charge < -0.3 is 15.0 Å². The maximum atomic E-state index is 6.06. The molecule has 1 atom stereocenters. The van der Waals surface area contributed by atoms with Crippen LogP contribution in [-0.4, -0.2) is 34.4 Å². The van der Waals surface area contributed by atoms with Crippen molar-refractivity contribution in [2.45, 2.75) is 50.7 Å². The molecule has 3 rings (SSSR count). The predicted molar refractivity (Wildman–Crippen MR) is 78.6 cm³/mol. The molecule has 0 spiro atoms. The lowest BCUT2D eigenvalue weighted by molar-refractivity contribution is -0.00549. The third kappa shape index (κ3) is 3.74. The smallest absolute Gasteiger partial charge is 0.226 e. The highest BCUT2D eigenvalue weighted by Crippen LogP contribution is 2.26. The van der Waals surface area contributed by atoms with E-state index in [2.05, 4.69) is 10.1 Å². The van der Waals surface area contributed by atoms with E-state index < -0.39 is 0 Å². The van der Waals surface area contributed by atoms with Crippen molar-refractivity contribution in [1.82, 2.24) is 10.1 Å². The number of hydrogen-bond donors (Lipinski definition) is 1. The maximum absolute atomic E-state index is 6.06. The quantitative estimate of drug-likeness (QED) is 0.868. The highest BCUT2D eigenvalue weighted by atomic mass is 32.2. The first-order valence-corrected chi connectivity index (χ1v) is 8.74. The van der Waals surface area contributed by atoms with Gasteiger partial charge in [-0.1, -0.05) is 5.16 Å². The largest absolute Gasteiger partial charge is 0.376 e. The molecule has 0 amide bonds. The Balaban J connectivity index is 1.47. The molecule has 0 radical (unpaired) electrons. The molecule has 2 aliphatic rings. The van der Waals surface area contributed by atoms with Crippen molar-refractivity contribution in [3.05, 3.63) is 11.7 Å². The van der Waals surface area contributed by atoms with Crippen LogP contribution in [-0.2, 0) is 11.2 Å². The van der Waals surface area contributed by atoms with Crippen molar-refractivity contribution >= 4 is 11.8 Å². The summed E-state index contributed by atoms with van der Waals surface area (Å²) >= 11 is 2.03. The van der Waals surface area contributed by atoms with Crippen LogP contribution < -0.4 is 5.73 Å². The fourth-order valence-corrected chi connectivity index (χ4v) is 3.75. The summed E-state index contributed by atoms with van der Waals surface area (Å²) in [6.45, 7) is 0.490. The van der Waals surface area contributed by atoms with Crippen LogP contribution in [0.15, 0.2) is 4.52 Å². The van der Waals surface area contributed by atoms with Gasteiger partial charge in [-0.2, -0.15) is 16.7 Å². The van der Waals surface area contributed by atoms with Crippen molar-refractivity contribution in [1.29, 1.82) is 0 Å². The molecule has 1 aromatic heterocycles. The van der Waals surface area contributed by atoms with Crippen LogP contribution in [0.5, 0.6) is 0 Å². The number of ether oxygens (including phenoxy) is 1. The van der Waals surface area contributed by atoms with Crippen molar-refractivity contribution in [2.75, 3.05) is 18.1 Å². The SMILES string of the molecule is NC(COC1CCC1)c1noc(CC2CCSCC2)n1. The standard InChI is InChI=1S/C14H23N3O2S/c15-12(9-18-11-2-1-3-11)14-16-13(19-17-14)8-10-4-6-20-7-5-10/h10-12H,1-9,15H2. The summed E-state index contributed by atoms with van der Waals surface area (Å²) in [4.78, 5) is 4.44. The molecule has 112 valence electrons. The number of aromatic nitrogens is 2. The number of hydrogen-bond acceptors (Lipinski definition) is 6. The van der Waals surface area contributed by atoms with Crippen LogP contribution in [0.25, 0.3) is 0 Å². The molecule has 2 fully saturated rings. The first-order chi connectivity index (χ1) is 9.81. The van der Waals surface area contributed by atoms with Crippen LogP contribution >= 0.6 is 11.8 Å². The summed E-state index contributed by atoms with van der Waals surface area (Å²) in [5.74, 6) is 4.51. The van der Waals surface area contributed by atoms with Crippen LogP contribution in [0.2, 0.25) is 0 Å². The van der Waals surface area contributed by atoms with Crippen molar-refractivity contribution in [3.8, 4) is 0 Å². The Morgan fingerprint density at radius 2 is 2.10 bits per heavy atom. The summed E-state index contributed by atoms with van der Waals surface area (Å²) in [5, 5.41) is 4.01. The zero-order chi connectivity index (χ0) is 13.8. The summed E-state index contributed by atoms with van der Waals surface area (Å²) in [7, 11) is 0. The number of thioether (sulfide) groups is 1. The van der Waals surface area contributed by atoms with Crippen LogP contribution in [0, 0.1) is 5.92 Å². The van der Waals surface area contributed by atoms with E-state index in [0.717, 1.165) is 25.2 Å². The number of nitrogens with zero attached hydrogens (tertiary/aromatic N) is 2. The van der Waals surface area contributed by atoms with E-state index in [4.69, 9.17) is 15.0 Å². The van der Waals surface area contributed by atoms with Crippen molar-refractivity contribution < 1.29 is 9.26 Å². The van der Waals surface area contributed by atoms with Gasteiger partial charge in [0.15, 0.2) is 5.82 Å². The molecule has 2 heterocycles. The maximum Gasteiger partial charge on any atom is 0.226 e. The Bertz CT molecular complexity index is 416. The Morgan fingerprint density at radius 3 is 2.80 bits per heavy atom. The molecular weight excluding hydrogens is 274 g/mol. The molecular formula is C14H23N3O2S. The molecule has 2 N–H and O–H groups in total. The van der Waals surface area contributed by atoms with Gasteiger partial charge >= 0.3 is 0 Å². The van der Waals surface area contributed by atoms with Crippen LogP contribution in [0.1, 0.15) is 49.9 Å². The Hall–Kier alpha value is -0.590. The molecule has 20 heavy (non-hydrogen) atoms. The molecule has 1 aliphatic heterocycles. The molecule has 1 saturated heterocycles. The second-order valence-electron chi connectivity index (χ2n) is 5.80. The molecule has 6 heteroatoms. The lowest BCUT2D eigenvalue weighted by atomic mass is 9.96. The minimum atomic E-state index is -0.269. The normalized spacial score (nSPS) is 22.6. The highest BCUT2D eigenvalue weighted by Gasteiger charge is 2.22. The van der Waals surface area contributed by atoms with Crippen molar-refractivity contribution in [3.63, 3.8) is 0 Å². The molecule has 0 aromatic carbocycles. The van der Waals surface area contributed by atoms with E-state index in [1.54, 1.807) is 0 Å². The van der Waals surface area contributed by atoms with Gasteiger partial charge in [0.25, 0.3) is 0 Å². The third-order valence-corrected chi connectivity index (χ3v) is 5.23. The van der Waals surface area contributed by atoms with Gasteiger partial charge in [-0.05, 0) is 49.5 Å². The summed E-state index contributed by atoms with van der Waals surface area (Å²) in [6.07, 6.45) is 7.37. The fraction of sp³-hybridized carbons (Fsp3) is 0.857. The van der Waals surface area contributed by atoms with Crippen LogP contribution in [0.3, 0.4) is 0 Å². The second-order valence-corrected chi connectivity index (χ2v) is 7.02. The monoisotopic (exact) mass is 297 g/mol. The van der Waals surface area contributed by atoms with Gasteiger partial charge in [-0.15, -0.1) is 0 Å². The zero-order valence-electron chi connectivity index (χ0n) is 11.8. The van der Waals surface area contributed by atoms with Gasteiger partial charge in [0.1, 0.15) is 0 Å². The van der Waals surface area contributed by atoms with Gasteiger partial charge in [0.05, 0.1) is 18.8 Å². The summed E-state index contributed by atoms with van der Waals surface area (Å²) in [5.41, 5.74) is 6.06. The molecule has 5 nitrogen and oxygen atoms in total. The first-order valence-electron chi connectivity index (χ1n) is 7.58. The molecule has 1 unspecified atom stereocenters. The van der Waals surface area contributed by atoms with Gasteiger partial charge in [0.2, 0.25) is 5.89 Å². The average Bonchev–Trinajstić information content (AvgIpc) is 2.86. The number of nitrogens with two attached hydrogens (primary N) is 1. The number of rotatable bonds is 6. The van der Waals surface area contributed by atoms with E-state index in [9.17, 15) is 0 Å². The average molecular weight is 297 g/mol. The first kappa shape index (κ1) is 14.4. The zero-order valence-corrected chi connectivity index (χ0v) is 12.6. The van der Waals surface area contributed by atoms with Crippen molar-refractivity contribution in [2.24, 2.45) is 11.7 Å².